The molecule has 1 aliphatic heterocycles. The van der Waals surface area contributed by atoms with Crippen LogP contribution in [-0.4, -0.2) is 19.1 Å². The Morgan fingerprint density at radius 2 is 1.94 bits per heavy atom. The lowest BCUT2D eigenvalue weighted by molar-refractivity contribution is 0.586. The third kappa shape index (κ3) is 1.77. The lowest BCUT2D eigenvalue weighted by Crippen LogP contribution is -2.45. The molecular weight excluding hydrogens is 196 g/mol. The molecule has 2 unspecified atom stereocenters. The van der Waals surface area contributed by atoms with Crippen molar-refractivity contribution in [2.24, 2.45) is 0 Å². The molecule has 1 aromatic carbocycles. The number of benzene rings is 1. The third-order valence-electron chi connectivity index (χ3n) is 3.79. The minimum Gasteiger partial charge on any atom is -0.379 e. The van der Waals surface area contributed by atoms with Crippen LogP contribution in [0.2, 0.25) is 0 Å². The van der Waals surface area contributed by atoms with E-state index in [1.165, 1.54) is 16.9 Å². The SMILES string of the molecule is CC(C)c1ccc2c(c1)N(C)C(C)C(C)N2. The maximum absolute atomic E-state index is 3.56. The predicted molar refractivity (Wildman–Crippen MR) is 71.5 cm³/mol. The molecule has 1 aliphatic rings. The molecule has 0 saturated carbocycles. The highest BCUT2D eigenvalue weighted by Gasteiger charge is 2.25. The zero-order chi connectivity index (χ0) is 11.9. The summed E-state index contributed by atoms with van der Waals surface area (Å²) in [4.78, 5) is 2.38. The Kier molecular flexibility index (Phi) is 2.83. The fraction of sp³-hybridized carbons (Fsp3) is 0.571. The molecule has 2 atom stereocenters. The molecule has 0 bridgehead atoms. The van der Waals surface area contributed by atoms with Crippen LogP contribution in [0.5, 0.6) is 0 Å². The molecule has 1 aromatic rings. The van der Waals surface area contributed by atoms with Gasteiger partial charge < -0.3 is 10.2 Å². The van der Waals surface area contributed by atoms with E-state index in [9.17, 15) is 0 Å². The summed E-state index contributed by atoms with van der Waals surface area (Å²) in [5.41, 5.74) is 4.00. The molecule has 0 amide bonds. The van der Waals surface area contributed by atoms with E-state index >= 15 is 0 Å². The average molecular weight is 218 g/mol. The molecule has 0 fully saturated rings. The largest absolute Gasteiger partial charge is 0.379 e. The fourth-order valence-corrected chi connectivity index (χ4v) is 2.24. The van der Waals surface area contributed by atoms with Gasteiger partial charge in [-0.1, -0.05) is 19.9 Å². The summed E-state index contributed by atoms with van der Waals surface area (Å²) in [5.74, 6) is 0.591. The minimum absolute atomic E-state index is 0.502. The van der Waals surface area contributed by atoms with Crippen molar-refractivity contribution < 1.29 is 0 Å². The van der Waals surface area contributed by atoms with Crippen LogP contribution in [0.1, 0.15) is 39.2 Å². The van der Waals surface area contributed by atoms with E-state index in [2.05, 4.69) is 63.2 Å². The maximum Gasteiger partial charge on any atom is 0.0605 e. The van der Waals surface area contributed by atoms with Crippen molar-refractivity contribution in [1.29, 1.82) is 0 Å². The molecule has 1 heterocycles. The van der Waals surface area contributed by atoms with Crippen LogP contribution < -0.4 is 10.2 Å². The molecular formula is C14H22N2. The van der Waals surface area contributed by atoms with Crippen molar-refractivity contribution in [3.05, 3.63) is 23.8 Å². The first kappa shape index (κ1) is 11.3. The molecule has 16 heavy (non-hydrogen) atoms. The summed E-state index contributed by atoms with van der Waals surface area (Å²) in [6.45, 7) is 8.98. The van der Waals surface area contributed by atoms with Gasteiger partial charge >= 0.3 is 0 Å². The lowest BCUT2D eigenvalue weighted by Gasteiger charge is -2.39. The monoisotopic (exact) mass is 218 g/mol. The molecule has 2 heteroatoms. The average Bonchev–Trinajstić information content (AvgIpc) is 2.25. The molecule has 2 rings (SSSR count). The highest BCUT2D eigenvalue weighted by molar-refractivity contribution is 5.74. The Morgan fingerprint density at radius 1 is 1.25 bits per heavy atom. The summed E-state index contributed by atoms with van der Waals surface area (Å²) < 4.78 is 0. The van der Waals surface area contributed by atoms with Crippen LogP contribution in [-0.2, 0) is 0 Å². The fourth-order valence-electron chi connectivity index (χ4n) is 2.24. The summed E-state index contributed by atoms with van der Waals surface area (Å²) in [6.07, 6.45) is 0. The van der Waals surface area contributed by atoms with Crippen molar-refractivity contribution in [3.63, 3.8) is 0 Å². The van der Waals surface area contributed by atoms with Gasteiger partial charge in [-0.05, 0) is 37.5 Å². The first-order chi connectivity index (χ1) is 7.50. The number of fused-ring (bicyclic) bond motifs is 1. The Balaban J connectivity index is 2.42. The van der Waals surface area contributed by atoms with Gasteiger partial charge in [0.1, 0.15) is 0 Å². The van der Waals surface area contributed by atoms with Crippen molar-refractivity contribution in [1.82, 2.24) is 0 Å². The summed E-state index contributed by atoms with van der Waals surface area (Å²) in [5, 5.41) is 3.56. The van der Waals surface area contributed by atoms with E-state index in [1.54, 1.807) is 0 Å². The van der Waals surface area contributed by atoms with Gasteiger partial charge in [0.05, 0.1) is 11.4 Å². The van der Waals surface area contributed by atoms with Crippen LogP contribution in [0.15, 0.2) is 18.2 Å². The number of nitrogens with zero attached hydrogens (tertiary/aromatic N) is 1. The highest BCUT2D eigenvalue weighted by Crippen LogP contribution is 2.35. The topological polar surface area (TPSA) is 15.3 Å². The number of likely N-dealkylation sites (N-methyl/N-ethyl adjacent to an activating group) is 1. The summed E-state index contributed by atoms with van der Waals surface area (Å²) in [6, 6.07) is 7.80. The van der Waals surface area contributed by atoms with E-state index in [-0.39, 0.29) is 0 Å². The second-order valence-corrected chi connectivity index (χ2v) is 5.22. The predicted octanol–water partition coefficient (Wildman–Crippen LogP) is 3.45. The van der Waals surface area contributed by atoms with E-state index in [1.807, 2.05) is 0 Å². The van der Waals surface area contributed by atoms with Gasteiger partial charge in [-0.3, -0.25) is 0 Å². The van der Waals surface area contributed by atoms with Crippen molar-refractivity contribution >= 4 is 11.4 Å². The molecule has 88 valence electrons. The molecule has 2 nitrogen and oxygen atoms in total. The Hall–Kier alpha value is -1.18. The zero-order valence-corrected chi connectivity index (χ0v) is 10.9. The number of hydrogen-bond acceptors (Lipinski definition) is 2. The standard InChI is InChI=1S/C14H22N2/c1-9(2)12-6-7-13-14(8-12)16(5)11(4)10(3)15-13/h6-11,15H,1-5H3. The summed E-state index contributed by atoms with van der Waals surface area (Å²) in [7, 11) is 2.19. The number of nitrogens with one attached hydrogen (secondary N) is 1. The van der Waals surface area contributed by atoms with E-state index < -0.39 is 0 Å². The van der Waals surface area contributed by atoms with Gasteiger partial charge in [0, 0.05) is 19.1 Å². The van der Waals surface area contributed by atoms with Gasteiger partial charge in [0.2, 0.25) is 0 Å². The molecule has 0 aliphatic carbocycles. The Morgan fingerprint density at radius 3 is 2.56 bits per heavy atom. The van der Waals surface area contributed by atoms with Gasteiger partial charge in [-0.25, -0.2) is 0 Å². The van der Waals surface area contributed by atoms with Gasteiger partial charge in [-0.2, -0.15) is 0 Å². The first-order valence-electron chi connectivity index (χ1n) is 6.14. The van der Waals surface area contributed by atoms with Gasteiger partial charge in [-0.15, -0.1) is 0 Å². The van der Waals surface area contributed by atoms with Crippen LogP contribution in [0.3, 0.4) is 0 Å². The van der Waals surface area contributed by atoms with E-state index in [0.717, 1.165) is 0 Å². The number of anilines is 2. The maximum atomic E-state index is 3.56. The van der Waals surface area contributed by atoms with Gasteiger partial charge in [0.15, 0.2) is 0 Å². The lowest BCUT2D eigenvalue weighted by atomic mass is 9.98. The second-order valence-electron chi connectivity index (χ2n) is 5.22. The molecule has 0 saturated heterocycles. The van der Waals surface area contributed by atoms with Crippen LogP contribution in [0, 0.1) is 0 Å². The Labute approximate surface area is 98.7 Å². The minimum atomic E-state index is 0.502. The zero-order valence-electron chi connectivity index (χ0n) is 10.9. The van der Waals surface area contributed by atoms with Crippen LogP contribution in [0.25, 0.3) is 0 Å². The third-order valence-corrected chi connectivity index (χ3v) is 3.79. The quantitative estimate of drug-likeness (QED) is 0.776. The normalized spacial score (nSPS) is 24.2. The molecule has 1 N–H and O–H groups in total. The van der Waals surface area contributed by atoms with Crippen molar-refractivity contribution in [3.8, 4) is 0 Å². The van der Waals surface area contributed by atoms with Crippen molar-refractivity contribution in [2.45, 2.75) is 45.7 Å². The molecule has 0 radical (unpaired) electrons. The second kappa shape index (κ2) is 4.00. The summed E-state index contributed by atoms with van der Waals surface area (Å²) >= 11 is 0. The first-order valence-corrected chi connectivity index (χ1v) is 6.14. The van der Waals surface area contributed by atoms with Crippen LogP contribution >= 0.6 is 0 Å². The van der Waals surface area contributed by atoms with Crippen LogP contribution in [0.4, 0.5) is 11.4 Å². The van der Waals surface area contributed by atoms with E-state index in [4.69, 9.17) is 0 Å². The molecule has 0 aromatic heterocycles. The van der Waals surface area contributed by atoms with Crippen molar-refractivity contribution in [2.75, 3.05) is 17.3 Å². The van der Waals surface area contributed by atoms with Gasteiger partial charge in [0.25, 0.3) is 0 Å². The van der Waals surface area contributed by atoms with E-state index in [0.29, 0.717) is 18.0 Å². The number of hydrogen-bond donors (Lipinski definition) is 1. The molecule has 0 spiro atoms. The Bertz CT molecular complexity index is 384. The highest BCUT2D eigenvalue weighted by atomic mass is 15.2. The smallest absolute Gasteiger partial charge is 0.0605 e. The number of rotatable bonds is 1.